The lowest BCUT2D eigenvalue weighted by Crippen LogP contribution is -3.00. The minimum atomic E-state index is -0.0475. The van der Waals surface area contributed by atoms with Crippen LogP contribution in [0.3, 0.4) is 0 Å². The molecule has 0 unspecified atom stereocenters. The van der Waals surface area contributed by atoms with Crippen LogP contribution in [0.15, 0.2) is 42.7 Å². The van der Waals surface area contributed by atoms with Crippen molar-refractivity contribution < 1.29 is 38.1 Å². The highest BCUT2D eigenvalue weighted by Gasteiger charge is 2.20. The number of benzene rings is 1. The lowest BCUT2D eigenvalue weighted by Gasteiger charge is -2.24. The molecule has 2 rings (SSSR count). The number of nitrogens with zero attached hydrogens (tertiary/aromatic N) is 1. The molecule has 0 atom stereocenters. The molecule has 1 amide bonds. The van der Waals surface area contributed by atoms with Crippen LogP contribution in [-0.4, -0.2) is 12.5 Å². The first-order valence-corrected chi connectivity index (χ1v) is 15.9. The van der Waals surface area contributed by atoms with Gasteiger partial charge in [-0.15, -0.1) is 0 Å². The van der Waals surface area contributed by atoms with Crippen molar-refractivity contribution in [3.05, 3.63) is 59.4 Å². The fourth-order valence-electron chi connectivity index (χ4n) is 4.98. The Morgan fingerprint density at radius 1 is 0.775 bits per heavy atom. The molecule has 0 aliphatic carbocycles. The number of nitrogens with one attached hydrogen (secondary N) is 1. The minimum Gasteiger partial charge on any atom is -1.00 e. The molecule has 4 nitrogen and oxygen atoms in total. The van der Waals surface area contributed by atoms with Crippen molar-refractivity contribution in [2.75, 3.05) is 6.61 Å². The minimum absolute atomic E-state index is 0. The van der Waals surface area contributed by atoms with E-state index in [0.717, 1.165) is 30.9 Å². The van der Waals surface area contributed by atoms with Crippen LogP contribution in [0.2, 0.25) is 0 Å². The number of aryl methyl sites for hydroxylation is 1. The van der Waals surface area contributed by atoms with E-state index in [1.165, 1.54) is 89.0 Å². The van der Waals surface area contributed by atoms with Gasteiger partial charge in [-0.1, -0.05) is 117 Å². The summed E-state index contributed by atoms with van der Waals surface area (Å²) in [7, 11) is 0. The number of hydrogen-bond acceptors (Lipinski definition) is 2. The molecule has 0 aliphatic rings. The highest BCUT2D eigenvalue weighted by Crippen LogP contribution is 2.32. The van der Waals surface area contributed by atoms with Crippen LogP contribution in [0.1, 0.15) is 146 Å². The molecule has 0 spiro atoms. The number of rotatable bonds is 20. The predicted octanol–water partition coefficient (Wildman–Crippen LogP) is 6.09. The zero-order chi connectivity index (χ0) is 28.3. The standard InChI is InChI=1S/C35H56N2O2.HI/c1-6-8-9-10-11-12-13-14-15-16-17-18-19-20-27-39-33-22-21-30(28-32(33)35(3,4)5)29-36-34(38)31-23-25-37(7-2)26-24-31;/h21-26,28H,6-20,27,29H2,1-5H3;1H. The molecule has 0 radical (unpaired) electrons. The van der Waals surface area contributed by atoms with Crippen LogP contribution in [0.4, 0.5) is 0 Å². The highest BCUT2D eigenvalue weighted by molar-refractivity contribution is 5.93. The molecule has 226 valence electrons. The van der Waals surface area contributed by atoms with E-state index in [1.54, 1.807) is 0 Å². The van der Waals surface area contributed by atoms with Crippen molar-refractivity contribution in [1.82, 2.24) is 5.32 Å². The monoisotopic (exact) mass is 664 g/mol. The van der Waals surface area contributed by atoms with Crippen LogP contribution in [-0.2, 0) is 18.5 Å². The van der Waals surface area contributed by atoms with Gasteiger partial charge in [0, 0.05) is 18.7 Å². The number of pyridine rings is 1. The van der Waals surface area contributed by atoms with E-state index >= 15 is 0 Å². The summed E-state index contributed by atoms with van der Waals surface area (Å²) in [6, 6.07) is 10.1. The number of halogens is 1. The first kappa shape index (κ1) is 36.4. The molecule has 0 saturated carbocycles. The Morgan fingerprint density at radius 3 is 1.80 bits per heavy atom. The number of amides is 1. The lowest BCUT2D eigenvalue weighted by atomic mass is 9.85. The second-order valence-electron chi connectivity index (χ2n) is 12.1. The van der Waals surface area contributed by atoms with Crippen LogP contribution in [0.25, 0.3) is 0 Å². The van der Waals surface area contributed by atoms with Gasteiger partial charge >= 0.3 is 0 Å². The van der Waals surface area contributed by atoms with E-state index in [9.17, 15) is 4.79 Å². The topological polar surface area (TPSA) is 42.2 Å². The van der Waals surface area contributed by atoms with Crippen molar-refractivity contribution in [2.24, 2.45) is 0 Å². The van der Waals surface area contributed by atoms with E-state index in [2.05, 4.69) is 58.1 Å². The Balaban J connectivity index is 0.00000800. The highest BCUT2D eigenvalue weighted by atomic mass is 127. The Morgan fingerprint density at radius 2 is 1.30 bits per heavy atom. The van der Waals surface area contributed by atoms with Gasteiger partial charge in [0.25, 0.3) is 5.91 Å². The number of carbonyl (C=O) groups excluding carboxylic acids is 1. The molecule has 1 aromatic carbocycles. The van der Waals surface area contributed by atoms with Crippen molar-refractivity contribution >= 4 is 5.91 Å². The van der Waals surface area contributed by atoms with E-state index in [0.29, 0.717) is 12.1 Å². The fourth-order valence-corrected chi connectivity index (χ4v) is 4.98. The maximum absolute atomic E-state index is 12.6. The van der Waals surface area contributed by atoms with Gasteiger partial charge in [-0.25, -0.2) is 4.57 Å². The molecule has 40 heavy (non-hydrogen) atoms. The SMILES string of the molecule is CCCCCCCCCCCCCCCCOc1ccc(CNC(=O)c2cc[n+](CC)cc2)cc1C(C)(C)C.[I-]. The van der Waals surface area contributed by atoms with Crippen LogP contribution in [0.5, 0.6) is 5.75 Å². The van der Waals surface area contributed by atoms with Crippen molar-refractivity contribution in [1.29, 1.82) is 0 Å². The molecule has 1 N–H and O–H groups in total. The molecule has 0 bridgehead atoms. The maximum Gasteiger partial charge on any atom is 0.252 e. The van der Waals surface area contributed by atoms with Gasteiger partial charge < -0.3 is 34.0 Å². The molecule has 5 heteroatoms. The van der Waals surface area contributed by atoms with Gasteiger partial charge in [-0.2, -0.15) is 0 Å². The fraction of sp³-hybridized carbons (Fsp3) is 0.657. The Labute approximate surface area is 263 Å². The first-order chi connectivity index (χ1) is 18.8. The number of unbranched alkanes of at least 4 members (excludes halogenated alkanes) is 13. The normalized spacial score (nSPS) is 11.2. The zero-order valence-electron chi connectivity index (χ0n) is 26.2. The molecule has 2 aromatic rings. The van der Waals surface area contributed by atoms with E-state index in [-0.39, 0.29) is 35.3 Å². The van der Waals surface area contributed by atoms with Gasteiger partial charge in [-0.3, -0.25) is 4.79 Å². The summed E-state index contributed by atoms with van der Waals surface area (Å²) in [6.07, 6.45) is 23.0. The molecule has 0 saturated heterocycles. The molecule has 0 fully saturated rings. The number of ether oxygens (including phenoxy) is 1. The predicted molar refractivity (Wildman–Crippen MR) is 164 cm³/mol. The largest absolute Gasteiger partial charge is 1.00 e. The molecule has 1 aromatic heterocycles. The summed E-state index contributed by atoms with van der Waals surface area (Å²) in [6.45, 7) is 13.2. The van der Waals surface area contributed by atoms with Crippen LogP contribution < -0.4 is 38.6 Å². The summed E-state index contributed by atoms with van der Waals surface area (Å²) in [5, 5.41) is 3.06. The Kier molecular flexibility index (Phi) is 19.2. The first-order valence-electron chi connectivity index (χ1n) is 15.9. The maximum atomic E-state index is 12.6. The van der Waals surface area contributed by atoms with Crippen LogP contribution in [0, 0.1) is 0 Å². The van der Waals surface area contributed by atoms with Crippen molar-refractivity contribution in [3.63, 3.8) is 0 Å². The number of aromatic nitrogens is 1. The Bertz CT molecular complexity index is 937. The van der Waals surface area contributed by atoms with Gasteiger partial charge in [-0.05, 0) is 42.0 Å². The summed E-state index contributed by atoms with van der Waals surface area (Å²) < 4.78 is 8.30. The second kappa shape index (κ2) is 21.1. The summed E-state index contributed by atoms with van der Waals surface area (Å²) in [5.74, 6) is 0.924. The van der Waals surface area contributed by atoms with Gasteiger partial charge in [0.15, 0.2) is 12.4 Å². The van der Waals surface area contributed by atoms with Gasteiger partial charge in [0.1, 0.15) is 12.3 Å². The average molecular weight is 665 g/mol. The lowest BCUT2D eigenvalue weighted by molar-refractivity contribution is -0.693. The third-order valence-electron chi connectivity index (χ3n) is 7.58. The Hall–Kier alpha value is -1.63. The summed E-state index contributed by atoms with van der Waals surface area (Å²) >= 11 is 0. The smallest absolute Gasteiger partial charge is 0.252 e. The molecule has 0 aliphatic heterocycles. The van der Waals surface area contributed by atoms with Gasteiger partial charge in [0.2, 0.25) is 0 Å². The molecule has 1 heterocycles. The third-order valence-corrected chi connectivity index (χ3v) is 7.58. The van der Waals surface area contributed by atoms with Crippen LogP contribution >= 0.6 is 0 Å². The average Bonchev–Trinajstić information content (AvgIpc) is 2.93. The quantitative estimate of drug-likeness (QED) is 0.106. The summed E-state index contributed by atoms with van der Waals surface area (Å²) in [5.41, 5.74) is 2.95. The third kappa shape index (κ3) is 14.8. The number of carbonyl (C=O) groups is 1. The zero-order valence-corrected chi connectivity index (χ0v) is 28.4. The second-order valence-corrected chi connectivity index (χ2v) is 12.1. The number of hydrogen-bond donors (Lipinski definition) is 1. The van der Waals surface area contributed by atoms with E-state index in [4.69, 9.17) is 4.74 Å². The summed E-state index contributed by atoms with van der Waals surface area (Å²) in [4.78, 5) is 12.6. The molecular weight excluding hydrogens is 607 g/mol. The van der Waals surface area contributed by atoms with E-state index in [1.807, 2.05) is 29.1 Å². The van der Waals surface area contributed by atoms with Gasteiger partial charge in [0.05, 0.1) is 12.2 Å². The molecular formula is C35H57IN2O2. The van der Waals surface area contributed by atoms with Crippen molar-refractivity contribution in [2.45, 2.75) is 143 Å². The van der Waals surface area contributed by atoms with Crippen molar-refractivity contribution in [3.8, 4) is 5.75 Å². The van der Waals surface area contributed by atoms with E-state index < -0.39 is 0 Å².